The summed E-state index contributed by atoms with van der Waals surface area (Å²) in [6, 6.07) is 0. The number of hydrogen-bond donors (Lipinski definition) is 2. The lowest BCUT2D eigenvalue weighted by Crippen LogP contribution is -2.50. The number of alkyl carbamates (subject to hydrolysis) is 1. The van der Waals surface area contributed by atoms with E-state index < -0.39 is 5.60 Å². The third-order valence-electron chi connectivity index (χ3n) is 2.34. The lowest BCUT2D eigenvalue weighted by Gasteiger charge is -2.19. The Labute approximate surface area is 105 Å². The number of unbranched alkanes of at least 4 members (excludes halogenated alkanes) is 5. The minimum absolute atomic E-state index is 0.311. The largest absolute Gasteiger partial charge is 0.444 e. The van der Waals surface area contributed by atoms with Crippen molar-refractivity contribution < 1.29 is 15.3 Å². The second-order valence-corrected chi connectivity index (χ2v) is 5.40. The Morgan fingerprint density at radius 2 is 1.59 bits per heavy atom. The Morgan fingerprint density at radius 3 is 2.12 bits per heavy atom. The van der Waals surface area contributed by atoms with Gasteiger partial charge in [0.05, 0.1) is 6.54 Å². The Kier molecular flexibility index (Phi) is 8.86. The number of hydrogen-bond acceptors (Lipinski definition) is 2. The van der Waals surface area contributed by atoms with Crippen LogP contribution in [0.3, 0.4) is 0 Å². The van der Waals surface area contributed by atoms with Gasteiger partial charge in [0.15, 0.2) is 0 Å². The molecule has 0 heterocycles. The van der Waals surface area contributed by atoms with Crippen LogP contribution in [0.1, 0.15) is 59.3 Å². The van der Waals surface area contributed by atoms with Crippen LogP contribution in [0.4, 0.5) is 4.79 Å². The van der Waals surface area contributed by atoms with E-state index >= 15 is 0 Å². The van der Waals surface area contributed by atoms with Crippen molar-refractivity contribution in [2.75, 3.05) is 13.1 Å². The fourth-order valence-corrected chi connectivity index (χ4v) is 1.51. The minimum atomic E-state index is -0.404. The van der Waals surface area contributed by atoms with Crippen LogP contribution < -0.4 is 11.1 Å². The molecule has 4 N–H and O–H groups in total. The summed E-state index contributed by atoms with van der Waals surface area (Å²) in [4.78, 5) is 11.3. The van der Waals surface area contributed by atoms with Gasteiger partial charge in [-0.25, -0.2) is 4.79 Å². The highest BCUT2D eigenvalue weighted by Gasteiger charge is 2.15. The average molecular weight is 245 g/mol. The Bertz CT molecular complexity index is 200. The molecule has 0 unspecified atom stereocenters. The number of carbonyl (C=O) groups excluding carboxylic acids is 1. The van der Waals surface area contributed by atoms with Gasteiger partial charge in [0, 0.05) is 6.54 Å². The van der Waals surface area contributed by atoms with E-state index in [1.807, 2.05) is 20.8 Å². The smallest absolute Gasteiger partial charge is 0.407 e. The summed E-state index contributed by atoms with van der Waals surface area (Å²) in [5.74, 6) is 0. The molecule has 0 aromatic rings. The van der Waals surface area contributed by atoms with E-state index in [-0.39, 0.29) is 6.09 Å². The average Bonchev–Trinajstić information content (AvgIpc) is 2.19. The molecule has 102 valence electrons. The topological polar surface area (TPSA) is 66.0 Å². The second kappa shape index (κ2) is 9.28. The monoisotopic (exact) mass is 245 g/mol. The third-order valence-corrected chi connectivity index (χ3v) is 2.34. The molecule has 1 amide bonds. The normalized spacial score (nSPS) is 11.3. The predicted octanol–water partition coefficient (Wildman–Crippen LogP) is 2.09. The highest BCUT2D eigenvalue weighted by Crippen LogP contribution is 2.07. The van der Waals surface area contributed by atoms with Crippen molar-refractivity contribution in [1.82, 2.24) is 5.32 Å². The van der Waals surface area contributed by atoms with E-state index in [1.165, 1.54) is 32.1 Å². The molecule has 0 aliphatic heterocycles. The van der Waals surface area contributed by atoms with Gasteiger partial charge in [0.25, 0.3) is 0 Å². The van der Waals surface area contributed by atoms with E-state index in [0.29, 0.717) is 6.54 Å². The van der Waals surface area contributed by atoms with Crippen LogP contribution in [-0.2, 0) is 4.74 Å². The van der Waals surface area contributed by atoms with Gasteiger partial charge in [-0.1, -0.05) is 19.3 Å². The Balaban J connectivity index is 3.25. The van der Waals surface area contributed by atoms with Crippen molar-refractivity contribution in [1.29, 1.82) is 0 Å². The fourth-order valence-electron chi connectivity index (χ4n) is 1.51. The first kappa shape index (κ1) is 16.2. The SMILES string of the molecule is CC(C)(C)OC(=O)NCCCCCCCC[NH3+]. The van der Waals surface area contributed by atoms with Crippen molar-refractivity contribution in [3.8, 4) is 0 Å². The molecule has 0 radical (unpaired) electrons. The molecule has 0 aromatic heterocycles. The molecule has 0 atom stereocenters. The molecule has 0 saturated heterocycles. The van der Waals surface area contributed by atoms with Gasteiger partial charge >= 0.3 is 6.09 Å². The maximum atomic E-state index is 11.3. The van der Waals surface area contributed by atoms with Crippen molar-refractivity contribution in [2.24, 2.45) is 0 Å². The van der Waals surface area contributed by atoms with Crippen LogP contribution in [0.2, 0.25) is 0 Å². The van der Waals surface area contributed by atoms with Gasteiger partial charge in [0.1, 0.15) is 5.60 Å². The van der Waals surface area contributed by atoms with Crippen molar-refractivity contribution in [2.45, 2.75) is 64.9 Å². The first-order chi connectivity index (χ1) is 7.95. The van der Waals surface area contributed by atoms with Crippen molar-refractivity contribution in [3.63, 3.8) is 0 Å². The standard InChI is InChI=1S/C13H28N2O2/c1-13(2,3)17-12(16)15-11-9-7-5-4-6-8-10-14/h4-11,14H2,1-3H3,(H,15,16)/p+1. The van der Waals surface area contributed by atoms with Crippen LogP contribution >= 0.6 is 0 Å². The molecule has 4 heteroatoms. The van der Waals surface area contributed by atoms with Gasteiger partial charge in [-0.3, -0.25) is 0 Å². The molecule has 0 fully saturated rings. The minimum Gasteiger partial charge on any atom is -0.444 e. The van der Waals surface area contributed by atoms with Gasteiger partial charge in [-0.15, -0.1) is 0 Å². The molecule has 0 aliphatic carbocycles. The Hall–Kier alpha value is -0.770. The van der Waals surface area contributed by atoms with E-state index in [1.54, 1.807) is 0 Å². The number of carbonyl (C=O) groups is 1. The first-order valence-electron chi connectivity index (χ1n) is 6.72. The number of quaternary nitrogens is 1. The molecule has 0 saturated carbocycles. The maximum absolute atomic E-state index is 11.3. The van der Waals surface area contributed by atoms with Gasteiger partial charge in [-0.05, 0) is 40.0 Å². The summed E-state index contributed by atoms with van der Waals surface area (Å²) in [6.45, 7) is 7.37. The third kappa shape index (κ3) is 13.2. The summed E-state index contributed by atoms with van der Waals surface area (Å²) in [5.41, 5.74) is 3.42. The summed E-state index contributed by atoms with van der Waals surface area (Å²) in [5, 5.41) is 2.77. The molecule has 0 bridgehead atoms. The second-order valence-electron chi connectivity index (χ2n) is 5.40. The molecule has 0 aromatic carbocycles. The predicted molar refractivity (Wildman–Crippen MR) is 69.7 cm³/mol. The summed E-state index contributed by atoms with van der Waals surface area (Å²) in [6.07, 6.45) is 6.93. The van der Waals surface area contributed by atoms with Gasteiger partial charge in [-0.2, -0.15) is 0 Å². The van der Waals surface area contributed by atoms with Crippen LogP contribution in [0.5, 0.6) is 0 Å². The van der Waals surface area contributed by atoms with Crippen molar-refractivity contribution in [3.05, 3.63) is 0 Å². The quantitative estimate of drug-likeness (QED) is 0.643. The van der Waals surface area contributed by atoms with Crippen LogP contribution in [0.15, 0.2) is 0 Å². The molecular weight excluding hydrogens is 216 g/mol. The Morgan fingerprint density at radius 1 is 1.06 bits per heavy atom. The number of amides is 1. The van der Waals surface area contributed by atoms with E-state index in [2.05, 4.69) is 11.1 Å². The molecule has 4 nitrogen and oxygen atoms in total. The van der Waals surface area contributed by atoms with Crippen LogP contribution in [0.25, 0.3) is 0 Å². The van der Waals surface area contributed by atoms with Crippen LogP contribution in [0, 0.1) is 0 Å². The lowest BCUT2D eigenvalue weighted by molar-refractivity contribution is -0.368. The molecular formula is C13H29N2O2+. The number of nitrogens with one attached hydrogen (secondary N) is 1. The van der Waals surface area contributed by atoms with E-state index in [9.17, 15) is 4.79 Å². The number of rotatable bonds is 8. The summed E-state index contributed by atoms with van der Waals surface area (Å²) < 4.78 is 5.14. The molecule has 17 heavy (non-hydrogen) atoms. The highest BCUT2D eigenvalue weighted by atomic mass is 16.6. The van der Waals surface area contributed by atoms with Gasteiger partial charge < -0.3 is 15.8 Å². The summed E-state index contributed by atoms with van der Waals surface area (Å²) >= 11 is 0. The van der Waals surface area contributed by atoms with Crippen molar-refractivity contribution >= 4 is 6.09 Å². The zero-order valence-electron chi connectivity index (χ0n) is 11.7. The maximum Gasteiger partial charge on any atom is 0.407 e. The zero-order valence-corrected chi connectivity index (χ0v) is 11.7. The molecule has 0 rings (SSSR count). The first-order valence-corrected chi connectivity index (χ1v) is 6.72. The zero-order chi connectivity index (χ0) is 13.1. The fraction of sp³-hybridized carbons (Fsp3) is 0.923. The summed E-state index contributed by atoms with van der Waals surface area (Å²) in [7, 11) is 0. The number of ether oxygens (including phenoxy) is 1. The van der Waals surface area contributed by atoms with Crippen LogP contribution in [-0.4, -0.2) is 24.8 Å². The van der Waals surface area contributed by atoms with E-state index in [0.717, 1.165) is 13.0 Å². The molecule has 0 aliphatic rings. The lowest BCUT2D eigenvalue weighted by atomic mass is 10.1. The highest BCUT2D eigenvalue weighted by molar-refractivity contribution is 5.67. The van der Waals surface area contributed by atoms with Gasteiger partial charge in [0.2, 0.25) is 0 Å². The van der Waals surface area contributed by atoms with E-state index in [4.69, 9.17) is 4.74 Å². The molecule has 0 spiro atoms.